The van der Waals surface area contributed by atoms with E-state index in [0.29, 0.717) is 0 Å². The fourth-order valence-electron chi connectivity index (χ4n) is 4.13. The van der Waals surface area contributed by atoms with Gasteiger partial charge in [-0.25, -0.2) is 4.79 Å². The minimum atomic E-state index is -0.270. The number of urea groups is 1. The van der Waals surface area contributed by atoms with Gasteiger partial charge in [0.15, 0.2) is 0 Å². The van der Waals surface area contributed by atoms with Gasteiger partial charge in [0.1, 0.15) is 0 Å². The van der Waals surface area contributed by atoms with Crippen molar-refractivity contribution in [3.63, 3.8) is 0 Å². The number of pyridine rings is 1. The van der Waals surface area contributed by atoms with E-state index in [-0.39, 0.29) is 6.03 Å². The molecule has 0 spiro atoms. The predicted molar refractivity (Wildman–Crippen MR) is 132 cm³/mol. The quantitative estimate of drug-likeness (QED) is 0.439. The number of aromatic nitrogens is 1. The number of nitrogens with zero attached hydrogens (tertiary/aromatic N) is 2. The van der Waals surface area contributed by atoms with Crippen molar-refractivity contribution in [2.45, 2.75) is 6.54 Å². The number of amides is 2. The predicted octanol–water partition coefficient (Wildman–Crippen LogP) is 5.38. The van der Waals surface area contributed by atoms with Crippen LogP contribution in [0.15, 0.2) is 85.1 Å². The number of nitrogens with one attached hydrogen (secondary N) is 2. The first-order valence-corrected chi connectivity index (χ1v) is 11.2. The van der Waals surface area contributed by atoms with Crippen LogP contribution in [0.1, 0.15) is 5.69 Å². The summed E-state index contributed by atoms with van der Waals surface area (Å²) in [6.07, 6.45) is 1.94. The zero-order valence-corrected chi connectivity index (χ0v) is 18.3. The van der Waals surface area contributed by atoms with Gasteiger partial charge in [-0.05, 0) is 35.2 Å². The average molecular weight is 439 g/mol. The van der Waals surface area contributed by atoms with Gasteiger partial charge in [-0.3, -0.25) is 9.88 Å². The van der Waals surface area contributed by atoms with Crippen LogP contribution in [-0.2, 0) is 11.3 Å². The van der Waals surface area contributed by atoms with Gasteiger partial charge in [-0.1, -0.05) is 54.6 Å². The summed E-state index contributed by atoms with van der Waals surface area (Å²) in [7, 11) is 0. The Morgan fingerprint density at radius 2 is 1.61 bits per heavy atom. The summed E-state index contributed by atoms with van der Waals surface area (Å²) in [5.74, 6) is 0. The molecule has 166 valence electrons. The first-order valence-electron chi connectivity index (χ1n) is 11.2. The zero-order chi connectivity index (χ0) is 22.5. The first kappa shape index (κ1) is 21.1. The van der Waals surface area contributed by atoms with E-state index < -0.39 is 0 Å². The molecular weight excluding hydrogens is 412 g/mol. The number of ether oxygens (including phenoxy) is 1. The van der Waals surface area contributed by atoms with Crippen LogP contribution in [0, 0.1) is 0 Å². The van der Waals surface area contributed by atoms with Gasteiger partial charge in [-0.15, -0.1) is 0 Å². The maximum absolute atomic E-state index is 12.5. The highest BCUT2D eigenvalue weighted by Gasteiger charge is 2.13. The minimum absolute atomic E-state index is 0.270. The molecule has 33 heavy (non-hydrogen) atoms. The summed E-state index contributed by atoms with van der Waals surface area (Å²) >= 11 is 0. The number of hydrogen-bond donors (Lipinski definition) is 2. The smallest absolute Gasteiger partial charge is 0.323 e. The number of carbonyl (C=O) groups excluding carboxylic acids is 1. The number of morpholine rings is 1. The third-order valence-corrected chi connectivity index (χ3v) is 5.83. The molecule has 0 atom stereocenters. The lowest BCUT2D eigenvalue weighted by Gasteiger charge is -2.26. The normalized spacial score (nSPS) is 14.2. The van der Waals surface area contributed by atoms with E-state index in [1.54, 1.807) is 0 Å². The Bertz CT molecular complexity index is 1240. The molecule has 4 aromatic rings. The summed E-state index contributed by atoms with van der Waals surface area (Å²) in [5, 5.41) is 7.90. The second-order valence-corrected chi connectivity index (χ2v) is 8.08. The molecule has 2 amide bonds. The third-order valence-electron chi connectivity index (χ3n) is 5.83. The van der Waals surface area contributed by atoms with Crippen molar-refractivity contribution < 1.29 is 9.53 Å². The number of fused-ring (bicyclic) bond motifs is 1. The van der Waals surface area contributed by atoms with Crippen molar-refractivity contribution >= 4 is 28.2 Å². The molecule has 5 rings (SSSR count). The van der Waals surface area contributed by atoms with Crippen molar-refractivity contribution in [1.82, 2.24) is 9.88 Å². The lowest BCUT2D eigenvalue weighted by molar-refractivity contribution is 0.0336. The highest BCUT2D eigenvalue weighted by molar-refractivity contribution is 6.09. The summed E-state index contributed by atoms with van der Waals surface area (Å²) in [4.78, 5) is 19.6. The van der Waals surface area contributed by atoms with Crippen LogP contribution in [0.3, 0.4) is 0 Å². The van der Waals surface area contributed by atoms with E-state index in [2.05, 4.69) is 33.7 Å². The van der Waals surface area contributed by atoms with Gasteiger partial charge in [0.25, 0.3) is 0 Å². The lowest BCUT2D eigenvalue weighted by Crippen LogP contribution is -2.35. The molecule has 1 saturated heterocycles. The third kappa shape index (κ3) is 5.03. The van der Waals surface area contributed by atoms with Crippen molar-refractivity contribution in [2.75, 3.05) is 36.9 Å². The van der Waals surface area contributed by atoms with E-state index in [0.717, 1.165) is 71.8 Å². The molecule has 2 N–H and O–H groups in total. The van der Waals surface area contributed by atoms with Gasteiger partial charge in [0, 0.05) is 42.5 Å². The Labute approximate surface area is 193 Å². The number of para-hydroxylation sites is 1. The maximum Gasteiger partial charge on any atom is 0.323 e. The summed E-state index contributed by atoms with van der Waals surface area (Å²) in [6, 6.07) is 25.4. The van der Waals surface area contributed by atoms with Crippen LogP contribution in [0.25, 0.3) is 21.9 Å². The molecule has 1 fully saturated rings. The van der Waals surface area contributed by atoms with Crippen LogP contribution < -0.4 is 10.6 Å². The number of rotatable bonds is 5. The van der Waals surface area contributed by atoms with Crippen LogP contribution >= 0.6 is 0 Å². The molecule has 1 aliphatic heterocycles. The molecule has 0 unspecified atom stereocenters. The fraction of sp³-hybridized carbons (Fsp3) is 0.185. The molecule has 0 bridgehead atoms. The van der Waals surface area contributed by atoms with Gasteiger partial charge in [0.05, 0.1) is 24.6 Å². The Balaban J connectivity index is 1.37. The van der Waals surface area contributed by atoms with Gasteiger partial charge >= 0.3 is 6.03 Å². The maximum atomic E-state index is 12.5. The first-order chi connectivity index (χ1) is 16.3. The fourth-order valence-corrected chi connectivity index (χ4v) is 4.13. The van der Waals surface area contributed by atoms with E-state index in [9.17, 15) is 4.79 Å². The van der Waals surface area contributed by atoms with Crippen LogP contribution in [0.4, 0.5) is 16.2 Å². The molecule has 3 aromatic carbocycles. The Morgan fingerprint density at radius 1 is 0.848 bits per heavy atom. The molecule has 2 heterocycles. The lowest BCUT2D eigenvalue weighted by atomic mass is 9.98. The number of carbonyl (C=O) groups is 1. The highest BCUT2D eigenvalue weighted by atomic mass is 16.5. The molecule has 6 heteroatoms. The van der Waals surface area contributed by atoms with Crippen LogP contribution in [0.2, 0.25) is 0 Å². The highest BCUT2D eigenvalue weighted by Crippen LogP contribution is 2.33. The van der Waals surface area contributed by atoms with Gasteiger partial charge in [-0.2, -0.15) is 0 Å². The standard InChI is InChI=1S/C27H26N4O2/c32-27(29-21-6-2-1-3-7-21)30-26-13-12-23(24-8-4-5-9-25(24)26)20-10-11-22(28-18-20)19-31-14-16-33-17-15-31/h1-13,18H,14-17,19H2,(H2,29,30,32). The monoisotopic (exact) mass is 438 g/mol. The SMILES string of the molecule is O=C(Nc1ccccc1)Nc1ccc(-c2ccc(CN3CCOCC3)nc2)c2ccccc12. The van der Waals surface area contributed by atoms with Crippen LogP contribution in [0.5, 0.6) is 0 Å². The summed E-state index contributed by atoms with van der Waals surface area (Å²) in [5.41, 5.74) is 4.71. The Hall–Kier alpha value is -3.74. The van der Waals surface area contributed by atoms with E-state index in [1.807, 2.05) is 66.9 Å². The topological polar surface area (TPSA) is 66.5 Å². The second kappa shape index (κ2) is 9.81. The molecule has 6 nitrogen and oxygen atoms in total. The number of hydrogen-bond acceptors (Lipinski definition) is 4. The number of benzene rings is 3. The van der Waals surface area contributed by atoms with E-state index in [1.165, 1.54) is 0 Å². The zero-order valence-electron chi connectivity index (χ0n) is 18.3. The minimum Gasteiger partial charge on any atom is -0.379 e. The van der Waals surface area contributed by atoms with Crippen molar-refractivity contribution in [2.24, 2.45) is 0 Å². The number of anilines is 2. The van der Waals surface area contributed by atoms with E-state index >= 15 is 0 Å². The van der Waals surface area contributed by atoms with E-state index in [4.69, 9.17) is 9.72 Å². The molecule has 0 aliphatic carbocycles. The molecule has 1 aromatic heterocycles. The van der Waals surface area contributed by atoms with Crippen molar-refractivity contribution in [3.8, 4) is 11.1 Å². The average Bonchev–Trinajstić information content (AvgIpc) is 2.86. The largest absolute Gasteiger partial charge is 0.379 e. The Kier molecular flexibility index (Phi) is 6.28. The molecular formula is C27H26N4O2. The van der Waals surface area contributed by atoms with Gasteiger partial charge < -0.3 is 15.4 Å². The van der Waals surface area contributed by atoms with Crippen LogP contribution in [-0.4, -0.2) is 42.2 Å². The molecule has 0 radical (unpaired) electrons. The van der Waals surface area contributed by atoms with Crippen molar-refractivity contribution in [3.05, 3.63) is 90.8 Å². The van der Waals surface area contributed by atoms with Gasteiger partial charge in [0.2, 0.25) is 0 Å². The van der Waals surface area contributed by atoms with Crippen molar-refractivity contribution in [1.29, 1.82) is 0 Å². The Morgan fingerprint density at radius 3 is 2.36 bits per heavy atom. The summed E-state index contributed by atoms with van der Waals surface area (Å²) in [6.45, 7) is 4.30. The molecule has 1 aliphatic rings. The summed E-state index contributed by atoms with van der Waals surface area (Å²) < 4.78 is 5.43. The molecule has 0 saturated carbocycles. The second-order valence-electron chi connectivity index (χ2n) is 8.08.